The first-order valence-corrected chi connectivity index (χ1v) is 11.5. The largest absolute Gasteiger partial charge is 0.497 e. The van der Waals surface area contributed by atoms with Crippen LogP contribution in [0, 0.1) is 0 Å². The number of ketones is 1. The molecule has 0 atom stereocenters. The van der Waals surface area contributed by atoms with E-state index in [0.717, 1.165) is 16.9 Å². The number of thioether (sulfide) groups is 1. The zero-order valence-corrected chi connectivity index (χ0v) is 18.7. The molecule has 0 spiro atoms. The molecule has 1 heterocycles. The van der Waals surface area contributed by atoms with E-state index >= 15 is 0 Å². The number of para-hydroxylation sites is 1. The lowest BCUT2D eigenvalue weighted by molar-refractivity contribution is 0.0982. The Morgan fingerprint density at radius 3 is 2.44 bits per heavy atom. The van der Waals surface area contributed by atoms with E-state index in [1.54, 1.807) is 11.7 Å². The zero-order chi connectivity index (χ0) is 22.3. The molecule has 3 aromatic carbocycles. The van der Waals surface area contributed by atoms with Crippen LogP contribution in [0.15, 0.2) is 88.8 Å². The van der Waals surface area contributed by atoms with Gasteiger partial charge in [0.15, 0.2) is 10.9 Å². The first kappa shape index (κ1) is 21.8. The fourth-order valence-corrected chi connectivity index (χ4v) is 4.41. The Bertz CT molecular complexity index is 1270. The van der Waals surface area contributed by atoms with E-state index in [9.17, 15) is 9.59 Å². The number of aromatic nitrogens is 2. The normalized spacial score (nSPS) is 10.9. The second-order valence-electron chi connectivity index (χ2n) is 7.39. The van der Waals surface area contributed by atoms with Gasteiger partial charge in [0.05, 0.1) is 24.6 Å². The first-order valence-electron chi connectivity index (χ1n) is 10.5. The number of ether oxygens (including phenoxy) is 1. The maximum absolute atomic E-state index is 13.2. The Labute approximate surface area is 191 Å². The van der Waals surface area contributed by atoms with Gasteiger partial charge in [-0.05, 0) is 36.2 Å². The van der Waals surface area contributed by atoms with Crippen LogP contribution in [0.1, 0.15) is 28.8 Å². The Morgan fingerprint density at radius 2 is 1.69 bits per heavy atom. The van der Waals surface area contributed by atoms with Crippen molar-refractivity contribution in [2.45, 2.75) is 24.5 Å². The highest BCUT2D eigenvalue weighted by molar-refractivity contribution is 7.99. The summed E-state index contributed by atoms with van der Waals surface area (Å²) in [5, 5.41) is 1.27. The highest BCUT2D eigenvalue weighted by Crippen LogP contribution is 2.21. The van der Waals surface area contributed by atoms with Gasteiger partial charge in [-0.15, -0.1) is 0 Å². The van der Waals surface area contributed by atoms with Crippen LogP contribution in [0.4, 0.5) is 0 Å². The summed E-state index contributed by atoms with van der Waals surface area (Å²) in [6.07, 6.45) is 1.18. The smallest absolute Gasteiger partial charge is 0.262 e. The summed E-state index contributed by atoms with van der Waals surface area (Å²) in [5.74, 6) is 1.61. The fourth-order valence-electron chi connectivity index (χ4n) is 3.48. The molecule has 0 unspecified atom stereocenters. The molecule has 0 amide bonds. The Balaban J connectivity index is 1.53. The van der Waals surface area contributed by atoms with Gasteiger partial charge in [0.1, 0.15) is 5.75 Å². The van der Waals surface area contributed by atoms with Crippen LogP contribution in [0.3, 0.4) is 0 Å². The summed E-state index contributed by atoms with van der Waals surface area (Å²) in [6.45, 7) is 0.423. The monoisotopic (exact) mass is 444 g/mol. The van der Waals surface area contributed by atoms with Crippen molar-refractivity contribution in [3.05, 3.63) is 100 Å². The van der Waals surface area contributed by atoms with Crippen LogP contribution in [-0.4, -0.2) is 28.2 Å². The summed E-state index contributed by atoms with van der Waals surface area (Å²) in [7, 11) is 1.63. The second-order valence-corrected chi connectivity index (χ2v) is 8.45. The summed E-state index contributed by atoms with van der Waals surface area (Å²) < 4.78 is 6.94. The summed E-state index contributed by atoms with van der Waals surface area (Å²) in [4.78, 5) is 30.3. The minimum Gasteiger partial charge on any atom is -0.497 e. The maximum Gasteiger partial charge on any atom is 0.262 e. The lowest BCUT2D eigenvalue weighted by Gasteiger charge is -2.13. The van der Waals surface area contributed by atoms with Crippen molar-refractivity contribution in [2.24, 2.45) is 0 Å². The van der Waals surface area contributed by atoms with Crippen molar-refractivity contribution < 1.29 is 9.53 Å². The number of hydrogen-bond acceptors (Lipinski definition) is 5. The number of hydrogen-bond donors (Lipinski definition) is 0. The minimum absolute atomic E-state index is 0.0609. The van der Waals surface area contributed by atoms with Gasteiger partial charge in [-0.2, -0.15) is 0 Å². The number of carbonyl (C=O) groups excluding carboxylic acids is 1. The van der Waals surface area contributed by atoms with Crippen LogP contribution in [0.2, 0.25) is 0 Å². The van der Waals surface area contributed by atoms with E-state index in [1.807, 2.05) is 78.9 Å². The molecule has 6 heteroatoms. The molecule has 0 bridgehead atoms. The van der Waals surface area contributed by atoms with Gasteiger partial charge in [-0.25, -0.2) is 4.98 Å². The predicted octanol–water partition coefficient (Wildman–Crippen LogP) is 5.21. The molecule has 5 nitrogen and oxygen atoms in total. The van der Waals surface area contributed by atoms with Crippen molar-refractivity contribution in [1.29, 1.82) is 0 Å². The van der Waals surface area contributed by atoms with Crippen LogP contribution < -0.4 is 10.3 Å². The van der Waals surface area contributed by atoms with Gasteiger partial charge < -0.3 is 4.74 Å². The van der Waals surface area contributed by atoms with Crippen molar-refractivity contribution >= 4 is 28.4 Å². The van der Waals surface area contributed by atoms with E-state index in [0.29, 0.717) is 41.2 Å². The fraction of sp³-hybridized carbons (Fsp3) is 0.192. The Kier molecular flexibility index (Phi) is 7.02. The number of methoxy groups -OCH3 is 1. The highest BCUT2D eigenvalue weighted by Gasteiger charge is 2.13. The molecule has 0 saturated heterocycles. The molecule has 0 N–H and O–H groups in total. The second kappa shape index (κ2) is 10.3. The molecule has 162 valence electrons. The molecule has 0 aliphatic carbocycles. The van der Waals surface area contributed by atoms with Crippen molar-refractivity contribution in [3.8, 4) is 5.75 Å². The maximum atomic E-state index is 13.2. The molecule has 0 saturated carbocycles. The van der Waals surface area contributed by atoms with Crippen LogP contribution in [0.5, 0.6) is 5.75 Å². The standard InChI is InChI=1S/C26H24N2O3S/c1-31-21-15-13-19(14-16-21)18-28-25(30)22-10-5-6-11-23(22)27-26(28)32-17-7-12-24(29)20-8-3-2-4-9-20/h2-6,8-11,13-16H,7,12,17-18H2,1H3. The quantitative estimate of drug-likeness (QED) is 0.154. The van der Waals surface area contributed by atoms with Gasteiger partial charge in [0.2, 0.25) is 0 Å². The molecule has 0 radical (unpaired) electrons. The lowest BCUT2D eigenvalue weighted by Crippen LogP contribution is -2.24. The average molecular weight is 445 g/mol. The van der Waals surface area contributed by atoms with Crippen molar-refractivity contribution in [3.63, 3.8) is 0 Å². The third-order valence-corrected chi connectivity index (χ3v) is 6.26. The lowest BCUT2D eigenvalue weighted by atomic mass is 10.1. The van der Waals surface area contributed by atoms with Crippen molar-refractivity contribution in [2.75, 3.05) is 12.9 Å². The zero-order valence-electron chi connectivity index (χ0n) is 17.9. The summed E-state index contributed by atoms with van der Waals surface area (Å²) in [6, 6.07) is 24.4. The number of Topliss-reactive ketones (excluding diaryl/α,β-unsaturated/α-hetero) is 1. The van der Waals surface area contributed by atoms with Gasteiger partial charge in [-0.1, -0.05) is 66.4 Å². The number of rotatable bonds is 9. The highest BCUT2D eigenvalue weighted by atomic mass is 32.2. The SMILES string of the molecule is COc1ccc(Cn2c(SCCCC(=O)c3ccccc3)nc3ccccc3c2=O)cc1. The molecule has 1 aromatic heterocycles. The Morgan fingerprint density at radius 1 is 0.969 bits per heavy atom. The van der Waals surface area contributed by atoms with E-state index < -0.39 is 0 Å². The molecule has 0 aliphatic rings. The average Bonchev–Trinajstić information content (AvgIpc) is 2.85. The number of carbonyl (C=O) groups is 1. The van der Waals surface area contributed by atoms with E-state index in [1.165, 1.54) is 11.8 Å². The van der Waals surface area contributed by atoms with Gasteiger partial charge in [0.25, 0.3) is 5.56 Å². The van der Waals surface area contributed by atoms with Gasteiger partial charge in [0, 0.05) is 17.7 Å². The molecular weight excluding hydrogens is 420 g/mol. The van der Waals surface area contributed by atoms with Crippen molar-refractivity contribution in [1.82, 2.24) is 9.55 Å². The predicted molar refractivity (Wildman–Crippen MR) is 129 cm³/mol. The van der Waals surface area contributed by atoms with Crippen LogP contribution >= 0.6 is 11.8 Å². The number of fused-ring (bicyclic) bond motifs is 1. The minimum atomic E-state index is -0.0609. The number of nitrogens with zero attached hydrogens (tertiary/aromatic N) is 2. The molecule has 4 rings (SSSR count). The topological polar surface area (TPSA) is 61.2 Å². The molecule has 4 aromatic rings. The third-order valence-electron chi connectivity index (χ3n) is 5.20. The van der Waals surface area contributed by atoms with Crippen LogP contribution in [-0.2, 0) is 6.54 Å². The Hall–Kier alpha value is -3.38. The summed E-state index contributed by atoms with van der Waals surface area (Å²) >= 11 is 1.52. The van der Waals surface area contributed by atoms with Crippen LogP contribution in [0.25, 0.3) is 10.9 Å². The van der Waals surface area contributed by atoms with Gasteiger partial charge in [-0.3, -0.25) is 14.2 Å². The molecule has 0 fully saturated rings. The molecule has 32 heavy (non-hydrogen) atoms. The first-order chi connectivity index (χ1) is 15.7. The van der Waals surface area contributed by atoms with E-state index in [2.05, 4.69) is 0 Å². The van der Waals surface area contributed by atoms with E-state index in [4.69, 9.17) is 9.72 Å². The molecular formula is C26H24N2O3S. The molecule has 0 aliphatic heterocycles. The van der Waals surface area contributed by atoms with E-state index in [-0.39, 0.29) is 11.3 Å². The third kappa shape index (κ3) is 5.08. The van der Waals surface area contributed by atoms with Gasteiger partial charge >= 0.3 is 0 Å². The number of benzene rings is 3. The summed E-state index contributed by atoms with van der Waals surface area (Å²) in [5.41, 5.74) is 2.35.